The zero-order chi connectivity index (χ0) is 37.7. The van der Waals surface area contributed by atoms with E-state index in [1.165, 1.54) is 0 Å². The van der Waals surface area contributed by atoms with E-state index in [-0.39, 0.29) is 55.9 Å². The normalized spacial score (nSPS) is 12.3. The number of guanidine groups is 2. The van der Waals surface area contributed by atoms with E-state index in [1.54, 1.807) is 0 Å². The molecule has 0 spiro atoms. The lowest BCUT2D eigenvalue weighted by molar-refractivity contribution is -0.133. The van der Waals surface area contributed by atoms with Crippen LogP contribution in [0.1, 0.15) is 36.8 Å². The number of nitrogens with two attached hydrogens (primary N) is 4. The summed E-state index contributed by atoms with van der Waals surface area (Å²) in [4.78, 5) is 61.4. The Morgan fingerprint density at radius 2 is 1.10 bits per heavy atom. The molecule has 4 amide bonds. The summed E-state index contributed by atoms with van der Waals surface area (Å²) in [7, 11) is 0. The lowest BCUT2D eigenvalue weighted by Crippen LogP contribution is -2.57. The Hall–Kier alpha value is -5.57. The fourth-order valence-corrected chi connectivity index (χ4v) is 5.51. The molecule has 15 heteroatoms. The summed E-state index contributed by atoms with van der Waals surface area (Å²) in [5.41, 5.74) is 25.7. The van der Waals surface area contributed by atoms with Crippen molar-refractivity contribution in [3.05, 3.63) is 96.1 Å². The number of nitrogens with one attached hydrogen (secondary N) is 4. The highest BCUT2D eigenvalue weighted by molar-refractivity contribution is 7.80. The maximum Gasteiger partial charge on any atom is 0.244 e. The van der Waals surface area contributed by atoms with Crippen LogP contribution < -0.4 is 44.2 Å². The van der Waals surface area contributed by atoms with Crippen LogP contribution in [-0.4, -0.2) is 79.1 Å². The molecule has 0 fully saturated rings. The summed E-state index contributed by atoms with van der Waals surface area (Å²) in [6.45, 7) is 0.813. The van der Waals surface area contributed by atoms with Gasteiger partial charge in [0.15, 0.2) is 11.9 Å². The number of rotatable bonds is 21. The minimum absolute atomic E-state index is 0.0237. The van der Waals surface area contributed by atoms with Crippen molar-refractivity contribution in [2.75, 3.05) is 25.4 Å². The van der Waals surface area contributed by atoms with E-state index >= 15 is 0 Å². The van der Waals surface area contributed by atoms with Crippen molar-refractivity contribution in [2.45, 2.75) is 56.7 Å². The Kier molecular flexibility index (Phi) is 17.5. The highest BCUT2D eigenvalue weighted by atomic mass is 32.1. The average molecular weight is 731 g/mol. The second kappa shape index (κ2) is 22.3. The third-order valence-corrected chi connectivity index (χ3v) is 8.34. The molecule has 0 aliphatic rings. The monoisotopic (exact) mass is 730 g/mol. The molecule has 12 N–H and O–H groups in total. The van der Waals surface area contributed by atoms with Gasteiger partial charge in [-0.15, -0.1) is 0 Å². The highest BCUT2D eigenvalue weighted by Crippen LogP contribution is 2.19. The van der Waals surface area contributed by atoms with Gasteiger partial charge >= 0.3 is 0 Å². The number of aliphatic imine (C=N–C) groups is 2. The van der Waals surface area contributed by atoms with Crippen molar-refractivity contribution in [1.82, 2.24) is 21.3 Å². The van der Waals surface area contributed by atoms with Crippen LogP contribution in [0, 0.1) is 0 Å². The first-order chi connectivity index (χ1) is 25.0. The van der Waals surface area contributed by atoms with Crippen molar-refractivity contribution < 1.29 is 19.2 Å². The Labute approximate surface area is 310 Å². The number of hydrogen-bond acceptors (Lipinski definition) is 7. The molecule has 3 rings (SSSR count). The number of carbonyl (C=O) groups is 4. The maximum absolute atomic E-state index is 13.7. The third kappa shape index (κ3) is 15.1. The lowest BCUT2D eigenvalue weighted by atomic mass is 10.0. The molecule has 3 aromatic carbocycles. The molecule has 3 aromatic rings. The van der Waals surface area contributed by atoms with Crippen LogP contribution >= 0.6 is 12.6 Å². The molecule has 0 aliphatic carbocycles. The van der Waals surface area contributed by atoms with E-state index in [0.29, 0.717) is 25.8 Å². The molecule has 14 nitrogen and oxygen atoms in total. The van der Waals surface area contributed by atoms with Crippen LogP contribution in [0.2, 0.25) is 0 Å². The Bertz CT molecular complexity index is 1630. The molecule has 0 bridgehead atoms. The zero-order valence-corrected chi connectivity index (χ0v) is 30.1. The second-order valence-corrected chi connectivity index (χ2v) is 12.5. The number of carbonyl (C=O) groups excluding carboxylic acids is 4. The summed E-state index contributed by atoms with van der Waals surface area (Å²) >= 11 is 4.29. The SMILES string of the molecule is NC(N)=NCCC[C@H](NC(=O)[C@H](CCCN=C(N)N)NC(=O)[C@H](CS)NC(=O)Cc1ccc(-c2ccccc2)cc1)C(=O)NCCc1ccccc1. The van der Waals surface area contributed by atoms with Gasteiger partial charge in [0.05, 0.1) is 6.42 Å². The van der Waals surface area contributed by atoms with Gasteiger partial charge in [0.25, 0.3) is 0 Å². The fourth-order valence-electron chi connectivity index (χ4n) is 5.26. The van der Waals surface area contributed by atoms with Crippen molar-refractivity contribution in [2.24, 2.45) is 32.9 Å². The standard InChI is InChI=1S/C37H50N10O4S/c38-36(39)43-20-7-13-29(33(49)42-22-19-25-9-3-1-4-10-25)46-34(50)30(14-8-21-44-37(40)41)47-35(51)31(24-52)45-32(48)23-26-15-17-28(18-16-26)27-11-5-2-6-12-27/h1-6,9-12,15-18,29-31,52H,7-8,13-14,19-24H2,(H,42,49)(H,45,48)(H,46,50)(H,47,51)(H4,38,39,43)(H4,40,41,44)/t29-,30-,31-/m0/s1. The predicted molar refractivity (Wildman–Crippen MR) is 208 cm³/mol. The predicted octanol–water partition coefficient (Wildman–Crippen LogP) is 0.746. The molecule has 0 saturated heterocycles. The summed E-state index contributed by atoms with van der Waals surface area (Å²) < 4.78 is 0. The van der Waals surface area contributed by atoms with Gasteiger partial charge in [-0.1, -0.05) is 84.9 Å². The molecule has 52 heavy (non-hydrogen) atoms. The Morgan fingerprint density at radius 1 is 0.596 bits per heavy atom. The van der Waals surface area contributed by atoms with E-state index in [9.17, 15) is 19.2 Å². The van der Waals surface area contributed by atoms with E-state index in [4.69, 9.17) is 22.9 Å². The first-order valence-corrected chi connectivity index (χ1v) is 17.8. The second-order valence-electron chi connectivity index (χ2n) is 12.1. The summed E-state index contributed by atoms with van der Waals surface area (Å²) in [5.74, 6) is -2.19. The van der Waals surface area contributed by atoms with Gasteiger partial charge in [0.2, 0.25) is 23.6 Å². The third-order valence-electron chi connectivity index (χ3n) is 7.97. The van der Waals surface area contributed by atoms with Gasteiger partial charge in [-0.2, -0.15) is 12.6 Å². The Balaban J connectivity index is 1.66. The first kappa shape index (κ1) is 40.9. The van der Waals surface area contributed by atoms with Gasteiger partial charge in [0.1, 0.15) is 18.1 Å². The largest absolute Gasteiger partial charge is 0.370 e. The summed E-state index contributed by atoms with van der Waals surface area (Å²) in [5, 5.41) is 11.1. The fraction of sp³-hybridized carbons (Fsp3) is 0.351. The molecule has 0 saturated carbocycles. The van der Waals surface area contributed by atoms with Gasteiger partial charge in [0, 0.05) is 25.4 Å². The quantitative estimate of drug-likeness (QED) is 0.0327. The lowest BCUT2D eigenvalue weighted by Gasteiger charge is -2.25. The van der Waals surface area contributed by atoms with Crippen molar-refractivity contribution in [1.29, 1.82) is 0 Å². The van der Waals surface area contributed by atoms with E-state index < -0.39 is 35.8 Å². The average Bonchev–Trinajstić information content (AvgIpc) is 3.13. The number of benzene rings is 3. The van der Waals surface area contributed by atoms with Crippen LogP contribution in [0.5, 0.6) is 0 Å². The topological polar surface area (TPSA) is 245 Å². The van der Waals surface area contributed by atoms with E-state index in [2.05, 4.69) is 43.9 Å². The first-order valence-electron chi connectivity index (χ1n) is 17.1. The van der Waals surface area contributed by atoms with Crippen molar-refractivity contribution in [3.8, 4) is 11.1 Å². The molecule has 0 aliphatic heterocycles. The van der Waals surface area contributed by atoms with E-state index in [1.807, 2.05) is 84.9 Å². The molecule has 278 valence electrons. The van der Waals surface area contributed by atoms with Gasteiger partial charge < -0.3 is 44.2 Å². The molecular formula is C37H50N10O4S. The smallest absolute Gasteiger partial charge is 0.244 e. The number of thiol groups is 1. The number of hydrogen-bond donors (Lipinski definition) is 9. The number of nitrogens with zero attached hydrogens (tertiary/aromatic N) is 2. The summed E-state index contributed by atoms with van der Waals surface area (Å²) in [6.07, 6.45) is 1.75. The van der Waals surface area contributed by atoms with Crippen LogP contribution in [0.3, 0.4) is 0 Å². The van der Waals surface area contributed by atoms with Gasteiger partial charge in [-0.3, -0.25) is 29.2 Å². The van der Waals surface area contributed by atoms with Crippen LogP contribution in [0.4, 0.5) is 0 Å². The van der Waals surface area contributed by atoms with Crippen LogP contribution in [-0.2, 0) is 32.0 Å². The molecule has 3 atom stereocenters. The Morgan fingerprint density at radius 3 is 1.63 bits per heavy atom. The number of amides is 4. The van der Waals surface area contributed by atoms with Crippen LogP contribution in [0.15, 0.2) is 94.9 Å². The highest BCUT2D eigenvalue weighted by Gasteiger charge is 2.29. The molecular weight excluding hydrogens is 681 g/mol. The van der Waals surface area contributed by atoms with Crippen LogP contribution in [0.25, 0.3) is 11.1 Å². The molecule has 0 aromatic heterocycles. The van der Waals surface area contributed by atoms with Gasteiger partial charge in [-0.25, -0.2) is 0 Å². The minimum atomic E-state index is -1.08. The molecule has 0 unspecified atom stereocenters. The summed E-state index contributed by atoms with van der Waals surface area (Å²) in [6, 6.07) is 24.1. The molecule has 0 radical (unpaired) electrons. The van der Waals surface area contributed by atoms with Gasteiger partial charge in [-0.05, 0) is 54.4 Å². The van der Waals surface area contributed by atoms with Crippen molar-refractivity contribution in [3.63, 3.8) is 0 Å². The molecule has 0 heterocycles. The zero-order valence-electron chi connectivity index (χ0n) is 29.2. The maximum atomic E-state index is 13.7. The van der Waals surface area contributed by atoms with E-state index in [0.717, 1.165) is 22.3 Å². The van der Waals surface area contributed by atoms with Crippen molar-refractivity contribution >= 4 is 48.2 Å². The minimum Gasteiger partial charge on any atom is -0.370 e.